The molecule has 0 fully saturated rings. The number of benzene rings is 2. The van der Waals surface area contributed by atoms with Crippen molar-refractivity contribution in [1.82, 2.24) is 0 Å². The van der Waals surface area contributed by atoms with E-state index < -0.39 is 11.6 Å². The molecule has 0 radical (unpaired) electrons. The quantitative estimate of drug-likeness (QED) is 0.840. The first kappa shape index (κ1) is 12.2. The van der Waals surface area contributed by atoms with Gasteiger partial charge in [0, 0.05) is 11.6 Å². The fourth-order valence-electron chi connectivity index (χ4n) is 1.53. The molecule has 0 aliphatic rings. The fourth-order valence-corrected chi connectivity index (χ4v) is 1.53. The lowest BCUT2D eigenvalue weighted by molar-refractivity contribution is 0.101. The largest absolute Gasteiger partial charge is 0.375 e. The number of Topliss-reactive ketones (excluding diaryl/α,β-unsaturated/α-hetero) is 1. The summed E-state index contributed by atoms with van der Waals surface area (Å²) in [6, 6.07) is 11.9. The average Bonchev–Trinajstić information content (AvgIpc) is 2.38. The van der Waals surface area contributed by atoms with Gasteiger partial charge in [-0.15, -0.1) is 0 Å². The van der Waals surface area contributed by atoms with Gasteiger partial charge in [0.15, 0.2) is 5.78 Å². The van der Waals surface area contributed by atoms with Crippen molar-refractivity contribution < 1.29 is 13.6 Å². The maximum absolute atomic E-state index is 13.3. The smallest absolute Gasteiger partial charge is 0.181 e. The number of carbonyl (C=O) groups is 1. The summed E-state index contributed by atoms with van der Waals surface area (Å²) < 4.78 is 26.0. The monoisotopic (exact) mass is 247 g/mol. The van der Waals surface area contributed by atoms with Crippen LogP contribution < -0.4 is 5.32 Å². The molecule has 1 N–H and O–H groups in total. The van der Waals surface area contributed by atoms with E-state index in [0.717, 1.165) is 12.1 Å². The van der Waals surface area contributed by atoms with Crippen LogP contribution in [-0.4, -0.2) is 12.3 Å². The van der Waals surface area contributed by atoms with Gasteiger partial charge < -0.3 is 5.32 Å². The second-order valence-electron chi connectivity index (χ2n) is 3.77. The Bertz CT molecular complexity index is 555. The molecule has 4 heteroatoms. The molecule has 2 aromatic rings. The summed E-state index contributed by atoms with van der Waals surface area (Å²) in [6.07, 6.45) is 0. The van der Waals surface area contributed by atoms with Crippen molar-refractivity contribution in [2.45, 2.75) is 0 Å². The van der Waals surface area contributed by atoms with E-state index in [4.69, 9.17) is 0 Å². The molecule has 0 atom stereocenters. The van der Waals surface area contributed by atoms with Crippen LogP contribution in [0, 0.1) is 11.6 Å². The second-order valence-corrected chi connectivity index (χ2v) is 3.77. The Labute approximate surface area is 103 Å². The van der Waals surface area contributed by atoms with Crippen molar-refractivity contribution in [3.8, 4) is 0 Å². The first-order chi connectivity index (χ1) is 8.66. The molecule has 0 spiro atoms. The molecule has 92 valence electrons. The molecule has 2 aromatic carbocycles. The molecule has 0 bridgehead atoms. The molecule has 0 aliphatic heterocycles. The van der Waals surface area contributed by atoms with E-state index in [9.17, 15) is 13.6 Å². The van der Waals surface area contributed by atoms with Crippen molar-refractivity contribution in [3.63, 3.8) is 0 Å². The lowest BCUT2D eigenvalue weighted by atomic mass is 10.1. The van der Waals surface area contributed by atoms with Crippen LogP contribution in [0.4, 0.5) is 14.5 Å². The van der Waals surface area contributed by atoms with Gasteiger partial charge in [-0.05, 0) is 12.1 Å². The lowest BCUT2D eigenvalue weighted by Crippen LogP contribution is -2.14. The molecule has 0 saturated carbocycles. The maximum Gasteiger partial charge on any atom is 0.181 e. The van der Waals surface area contributed by atoms with Crippen LogP contribution in [-0.2, 0) is 0 Å². The highest BCUT2D eigenvalue weighted by atomic mass is 19.1. The minimum atomic E-state index is -0.712. The van der Waals surface area contributed by atoms with Crippen molar-refractivity contribution in [2.24, 2.45) is 0 Å². The van der Waals surface area contributed by atoms with E-state index in [1.54, 1.807) is 24.3 Å². The number of carbonyl (C=O) groups excluding carboxylic acids is 1. The number of halogens is 2. The Hall–Kier alpha value is -2.23. The van der Waals surface area contributed by atoms with E-state index in [1.165, 1.54) is 6.07 Å². The number of ketones is 1. The molecule has 0 unspecified atom stereocenters. The van der Waals surface area contributed by atoms with Gasteiger partial charge in [0.25, 0.3) is 0 Å². The maximum atomic E-state index is 13.3. The summed E-state index contributed by atoms with van der Waals surface area (Å²) in [5.41, 5.74) is 0.660. The van der Waals surface area contributed by atoms with E-state index in [2.05, 4.69) is 5.32 Å². The van der Waals surface area contributed by atoms with Crippen molar-refractivity contribution >= 4 is 11.5 Å². The first-order valence-electron chi connectivity index (χ1n) is 5.44. The summed E-state index contributed by atoms with van der Waals surface area (Å²) in [5, 5.41) is 2.65. The molecule has 0 aliphatic carbocycles. The third kappa shape index (κ3) is 2.91. The van der Waals surface area contributed by atoms with Crippen molar-refractivity contribution in [1.29, 1.82) is 0 Å². The molecule has 2 rings (SSSR count). The number of anilines is 1. The van der Waals surface area contributed by atoms with Gasteiger partial charge in [0.1, 0.15) is 11.6 Å². The predicted molar refractivity (Wildman–Crippen MR) is 65.6 cm³/mol. The first-order valence-corrected chi connectivity index (χ1v) is 5.44. The fraction of sp³-hybridized carbons (Fsp3) is 0.0714. The summed E-state index contributed by atoms with van der Waals surface area (Å²) in [5.74, 6) is -1.51. The number of rotatable bonds is 4. The van der Waals surface area contributed by atoms with Crippen LogP contribution in [0.1, 0.15) is 10.4 Å². The Morgan fingerprint density at radius 3 is 2.44 bits per heavy atom. The van der Waals surface area contributed by atoms with Gasteiger partial charge >= 0.3 is 0 Å². The third-order valence-corrected chi connectivity index (χ3v) is 2.47. The van der Waals surface area contributed by atoms with E-state index in [-0.39, 0.29) is 18.0 Å². The van der Waals surface area contributed by atoms with Gasteiger partial charge in [-0.3, -0.25) is 4.79 Å². The molecule has 0 heterocycles. The van der Waals surface area contributed by atoms with E-state index >= 15 is 0 Å². The summed E-state index contributed by atoms with van der Waals surface area (Å²) in [7, 11) is 0. The Morgan fingerprint density at radius 2 is 1.78 bits per heavy atom. The second kappa shape index (κ2) is 5.40. The van der Waals surface area contributed by atoms with E-state index in [0.29, 0.717) is 5.56 Å². The number of nitrogens with one attached hydrogen (secondary N) is 1. The zero-order chi connectivity index (χ0) is 13.0. The normalized spacial score (nSPS) is 10.1. The molecule has 0 amide bonds. The van der Waals surface area contributed by atoms with E-state index in [1.807, 2.05) is 6.07 Å². The average molecular weight is 247 g/mol. The zero-order valence-electron chi connectivity index (χ0n) is 9.49. The van der Waals surface area contributed by atoms with Gasteiger partial charge in [-0.2, -0.15) is 0 Å². The Morgan fingerprint density at radius 1 is 1.06 bits per heavy atom. The van der Waals surface area contributed by atoms with Crippen LogP contribution in [0.15, 0.2) is 48.5 Å². The third-order valence-electron chi connectivity index (χ3n) is 2.47. The molecule has 2 nitrogen and oxygen atoms in total. The summed E-state index contributed by atoms with van der Waals surface area (Å²) in [4.78, 5) is 11.7. The zero-order valence-corrected chi connectivity index (χ0v) is 9.49. The molecule has 0 saturated heterocycles. The summed E-state index contributed by atoms with van der Waals surface area (Å²) >= 11 is 0. The Kier molecular flexibility index (Phi) is 3.67. The van der Waals surface area contributed by atoms with Gasteiger partial charge in [-0.1, -0.05) is 30.3 Å². The van der Waals surface area contributed by atoms with Crippen molar-refractivity contribution in [2.75, 3.05) is 11.9 Å². The SMILES string of the molecule is O=C(CNc1ccc(F)cc1F)c1ccccc1. The molecule has 18 heavy (non-hydrogen) atoms. The van der Waals surface area contributed by atoms with Crippen LogP contribution in [0.2, 0.25) is 0 Å². The molecular weight excluding hydrogens is 236 g/mol. The van der Waals surface area contributed by atoms with Crippen LogP contribution in [0.25, 0.3) is 0 Å². The molecule has 0 aromatic heterocycles. The van der Waals surface area contributed by atoms with Crippen LogP contribution >= 0.6 is 0 Å². The lowest BCUT2D eigenvalue weighted by Gasteiger charge is -2.06. The standard InChI is InChI=1S/C14H11F2NO/c15-11-6-7-13(12(16)8-11)17-9-14(18)10-4-2-1-3-5-10/h1-8,17H,9H2. The van der Waals surface area contributed by atoms with Crippen LogP contribution in [0.3, 0.4) is 0 Å². The van der Waals surface area contributed by atoms with Gasteiger partial charge in [0.2, 0.25) is 0 Å². The van der Waals surface area contributed by atoms with Gasteiger partial charge in [0.05, 0.1) is 12.2 Å². The topological polar surface area (TPSA) is 29.1 Å². The summed E-state index contributed by atoms with van der Waals surface area (Å²) in [6.45, 7) is -0.0352. The minimum Gasteiger partial charge on any atom is -0.375 e. The minimum absolute atomic E-state index is 0.0352. The Balaban J connectivity index is 2.02. The van der Waals surface area contributed by atoms with Crippen molar-refractivity contribution in [3.05, 3.63) is 65.7 Å². The highest BCUT2D eigenvalue weighted by Crippen LogP contribution is 2.14. The van der Waals surface area contributed by atoms with Gasteiger partial charge in [-0.25, -0.2) is 8.78 Å². The number of hydrogen-bond donors (Lipinski definition) is 1. The highest BCUT2D eigenvalue weighted by Gasteiger charge is 2.07. The number of hydrogen-bond acceptors (Lipinski definition) is 2. The predicted octanol–water partition coefficient (Wildman–Crippen LogP) is 3.26. The van der Waals surface area contributed by atoms with Crippen LogP contribution in [0.5, 0.6) is 0 Å². The highest BCUT2D eigenvalue weighted by molar-refractivity contribution is 5.98. The molecular formula is C14H11F2NO.